The van der Waals surface area contributed by atoms with Crippen LogP contribution in [0.1, 0.15) is 24.0 Å². The Labute approximate surface area is 170 Å². The Morgan fingerprint density at radius 1 is 1.11 bits per heavy atom. The van der Waals surface area contributed by atoms with Gasteiger partial charge in [-0.25, -0.2) is 9.67 Å². The van der Waals surface area contributed by atoms with E-state index in [0.717, 1.165) is 30.8 Å². The summed E-state index contributed by atoms with van der Waals surface area (Å²) >= 11 is 0. The van der Waals surface area contributed by atoms with Gasteiger partial charge >= 0.3 is 0 Å². The molecule has 1 aliphatic heterocycles. The lowest BCUT2D eigenvalue weighted by Crippen LogP contribution is -2.50. The highest BCUT2D eigenvalue weighted by molar-refractivity contribution is 5.91. The molecule has 0 spiro atoms. The van der Waals surface area contributed by atoms with Gasteiger partial charge in [0.05, 0.1) is 5.69 Å². The molecule has 0 bridgehead atoms. The van der Waals surface area contributed by atoms with Crippen LogP contribution in [0.3, 0.4) is 0 Å². The van der Waals surface area contributed by atoms with Gasteiger partial charge in [0.25, 0.3) is 5.91 Å². The summed E-state index contributed by atoms with van der Waals surface area (Å²) in [6.07, 6.45) is 1.05. The van der Waals surface area contributed by atoms with Crippen molar-refractivity contribution in [2.24, 2.45) is 5.92 Å². The third kappa shape index (κ3) is 4.24. The van der Waals surface area contributed by atoms with Gasteiger partial charge in [0.2, 0.25) is 5.82 Å². The van der Waals surface area contributed by atoms with Crippen LogP contribution in [0.4, 0.5) is 0 Å². The normalized spacial score (nSPS) is 18.9. The number of amides is 1. The fourth-order valence-electron chi connectivity index (χ4n) is 3.35. The van der Waals surface area contributed by atoms with Gasteiger partial charge in [0.1, 0.15) is 0 Å². The first-order valence-corrected chi connectivity index (χ1v) is 9.32. The molecule has 3 aromatic rings. The smallest absolute Gasteiger partial charge is 0.291 e. The number of hydrogen-bond acceptors (Lipinski definition) is 4. The summed E-state index contributed by atoms with van der Waals surface area (Å²) in [7, 11) is 0. The van der Waals surface area contributed by atoms with E-state index in [0.29, 0.717) is 11.7 Å². The maximum Gasteiger partial charge on any atom is 0.291 e. The molecule has 1 saturated heterocycles. The lowest BCUT2D eigenvalue weighted by molar-refractivity contribution is 0.0904. The first kappa shape index (κ1) is 20.0. The minimum atomic E-state index is -0.234. The molecule has 7 heteroatoms. The zero-order valence-electron chi connectivity index (χ0n) is 15.7. The molecule has 28 heavy (non-hydrogen) atoms. The second-order valence-corrected chi connectivity index (χ2v) is 6.92. The Kier molecular flexibility index (Phi) is 6.44. The van der Waals surface area contributed by atoms with Crippen molar-refractivity contribution < 1.29 is 4.79 Å². The van der Waals surface area contributed by atoms with Gasteiger partial charge in [-0.05, 0) is 31.0 Å². The molecule has 2 heterocycles. The molecular formula is C21H24ClN5O. The highest BCUT2D eigenvalue weighted by Crippen LogP contribution is 2.21. The summed E-state index contributed by atoms with van der Waals surface area (Å²) in [6.45, 7) is 3.93. The van der Waals surface area contributed by atoms with Crippen LogP contribution in [0, 0.1) is 5.92 Å². The van der Waals surface area contributed by atoms with Crippen molar-refractivity contribution in [2.75, 3.05) is 13.1 Å². The maximum absolute atomic E-state index is 12.8. The topological polar surface area (TPSA) is 71.8 Å². The summed E-state index contributed by atoms with van der Waals surface area (Å²) < 4.78 is 1.73. The van der Waals surface area contributed by atoms with Crippen LogP contribution >= 0.6 is 12.4 Å². The molecule has 6 nitrogen and oxygen atoms in total. The predicted octanol–water partition coefficient (Wildman–Crippen LogP) is 3.08. The summed E-state index contributed by atoms with van der Waals surface area (Å²) in [4.78, 5) is 17.4. The number of benzene rings is 2. The van der Waals surface area contributed by atoms with Gasteiger partial charge in [-0.2, -0.15) is 0 Å². The molecule has 0 aliphatic carbocycles. The largest absolute Gasteiger partial charge is 0.345 e. The zero-order valence-corrected chi connectivity index (χ0v) is 16.5. The zero-order chi connectivity index (χ0) is 18.6. The number of nitrogens with one attached hydrogen (secondary N) is 2. The van der Waals surface area contributed by atoms with Gasteiger partial charge in [-0.3, -0.25) is 4.79 Å². The fourth-order valence-corrected chi connectivity index (χ4v) is 3.35. The van der Waals surface area contributed by atoms with E-state index in [1.807, 2.05) is 60.7 Å². The molecule has 0 radical (unpaired) electrons. The van der Waals surface area contributed by atoms with E-state index in [4.69, 9.17) is 0 Å². The molecule has 2 unspecified atom stereocenters. The van der Waals surface area contributed by atoms with E-state index < -0.39 is 0 Å². The van der Waals surface area contributed by atoms with Gasteiger partial charge < -0.3 is 10.6 Å². The first-order chi connectivity index (χ1) is 13.2. The average molecular weight is 398 g/mol. The van der Waals surface area contributed by atoms with E-state index in [1.54, 1.807) is 4.68 Å². The van der Waals surface area contributed by atoms with Gasteiger partial charge in [0, 0.05) is 18.2 Å². The number of piperidine rings is 1. The standard InChI is InChI=1S/C21H23N5O.ClH/c1-15-12-13-22-14-18(15)23-21(27)19-24-20(16-8-4-2-5-9-16)26(25-19)17-10-6-3-7-11-17;/h2-11,15,18,22H,12-14H2,1H3,(H,23,27);1H. The second kappa shape index (κ2) is 8.99. The summed E-state index contributed by atoms with van der Waals surface area (Å²) in [5.41, 5.74) is 1.79. The maximum atomic E-state index is 12.8. The highest BCUT2D eigenvalue weighted by atomic mass is 35.5. The third-order valence-corrected chi connectivity index (χ3v) is 4.99. The van der Waals surface area contributed by atoms with Crippen molar-refractivity contribution in [3.63, 3.8) is 0 Å². The number of para-hydroxylation sites is 1. The number of hydrogen-bond donors (Lipinski definition) is 2. The Hall–Kier alpha value is -2.70. The van der Waals surface area contributed by atoms with Crippen LogP contribution in [0.15, 0.2) is 60.7 Å². The van der Waals surface area contributed by atoms with E-state index in [-0.39, 0.29) is 30.2 Å². The number of aromatic nitrogens is 3. The SMILES string of the molecule is CC1CCNCC1NC(=O)c1nc(-c2ccccc2)n(-c2ccccc2)n1.Cl. The number of carbonyl (C=O) groups is 1. The Morgan fingerprint density at radius 2 is 1.79 bits per heavy atom. The van der Waals surface area contributed by atoms with E-state index >= 15 is 0 Å². The van der Waals surface area contributed by atoms with Gasteiger partial charge in [-0.15, -0.1) is 17.5 Å². The Balaban J connectivity index is 0.00000225. The number of rotatable bonds is 4. The summed E-state index contributed by atoms with van der Waals surface area (Å²) in [6, 6.07) is 19.6. The quantitative estimate of drug-likeness (QED) is 0.709. The number of nitrogens with zero attached hydrogens (tertiary/aromatic N) is 3. The monoisotopic (exact) mass is 397 g/mol. The molecule has 2 atom stereocenters. The molecule has 4 rings (SSSR count). The molecule has 0 saturated carbocycles. The van der Waals surface area contributed by atoms with Crippen LogP contribution in [0.2, 0.25) is 0 Å². The summed E-state index contributed by atoms with van der Waals surface area (Å²) in [5, 5.41) is 10.9. The van der Waals surface area contributed by atoms with Gasteiger partial charge in [0.15, 0.2) is 5.82 Å². The van der Waals surface area contributed by atoms with Crippen molar-refractivity contribution in [2.45, 2.75) is 19.4 Å². The molecule has 146 valence electrons. The minimum absolute atomic E-state index is 0. The van der Waals surface area contributed by atoms with Crippen LogP contribution in [-0.2, 0) is 0 Å². The number of halogens is 1. The molecular weight excluding hydrogens is 374 g/mol. The van der Waals surface area contributed by atoms with Crippen LogP contribution < -0.4 is 10.6 Å². The molecule has 1 amide bonds. The molecule has 1 fully saturated rings. The van der Waals surface area contributed by atoms with Crippen molar-refractivity contribution in [3.05, 3.63) is 66.5 Å². The second-order valence-electron chi connectivity index (χ2n) is 6.92. The first-order valence-electron chi connectivity index (χ1n) is 9.32. The summed E-state index contributed by atoms with van der Waals surface area (Å²) in [5.74, 6) is 1.04. The van der Waals surface area contributed by atoms with Crippen LogP contribution in [-0.4, -0.2) is 39.8 Å². The average Bonchev–Trinajstić information content (AvgIpc) is 3.17. The van der Waals surface area contributed by atoms with Crippen molar-refractivity contribution in [3.8, 4) is 17.1 Å². The molecule has 2 N–H and O–H groups in total. The van der Waals surface area contributed by atoms with Crippen molar-refractivity contribution >= 4 is 18.3 Å². The molecule has 2 aromatic carbocycles. The lowest BCUT2D eigenvalue weighted by Gasteiger charge is -2.29. The van der Waals surface area contributed by atoms with Gasteiger partial charge in [-0.1, -0.05) is 55.5 Å². The number of carbonyl (C=O) groups excluding carboxylic acids is 1. The lowest BCUT2D eigenvalue weighted by atomic mass is 9.95. The van der Waals surface area contributed by atoms with E-state index in [2.05, 4.69) is 27.6 Å². The van der Waals surface area contributed by atoms with Crippen LogP contribution in [0.25, 0.3) is 17.1 Å². The fraction of sp³-hybridized carbons (Fsp3) is 0.286. The van der Waals surface area contributed by atoms with E-state index in [9.17, 15) is 4.79 Å². The van der Waals surface area contributed by atoms with E-state index in [1.165, 1.54) is 0 Å². The highest BCUT2D eigenvalue weighted by Gasteiger charge is 2.25. The Bertz CT molecular complexity index is 856. The molecule has 1 aliphatic rings. The Morgan fingerprint density at radius 3 is 2.46 bits per heavy atom. The van der Waals surface area contributed by atoms with Crippen LogP contribution in [0.5, 0.6) is 0 Å². The third-order valence-electron chi connectivity index (χ3n) is 4.99. The molecule has 1 aromatic heterocycles. The minimum Gasteiger partial charge on any atom is -0.345 e. The van der Waals surface area contributed by atoms with Crippen molar-refractivity contribution in [1.29, 1.82) is 0 Å². The van der Waals surface area contributed by atoms with Crippen molar-refractivity contribution in [1.82, 2.24) is 25.4 Å². The predicted molar refractivity (Wildman–Crippen MR) is 112 cm³/mol.